The number of benzene rings is 1. The van der Waals surface area contributed by atoms with E-state index in [-0.39, 0.29) is 53.8 Å². The maximum atomic E-state index is 13.5. The van der Waals surface area contributed by atoms with Gasteiger partial charge in [0.2, 0.25) is 0 Å². The Balaban J connectivity index is 3.74. The molecule has 12 heteroatoms. The Kier molecular flexibility index (Phi) is 17.1. The number of esters is 1. The highest BCUT2D eigenvalue weighted by atomic mass is 35.5. The second-order valence-electron chi connectivity index (χ2n) is 10.2. The van der Waals surface area contributed by atoms with Gasteiger partial charge in [0, 0.05) is 32.9 Å². The Morgan fingerprint density at radius 2 is 1.76 bits per heavy atom. The SMILES string of the molecule is C=CC(C)C/C=C/C(=C/c1c(Cl)c(OCOCC)cc(OCOCC)c1C(=O)OCC[Si](C)(C)C)NOCC(=O)O. The predicted octanol–water partition coefficient (Wildman–Crippen LogP) is 6.30. The summed E-state index contributed by atoms with van der Waals surface area (Å²) in [5, 5.41) is 9.12. The summed E-state index contributed by atoms with van der Waals surface area (Å²) in [5.41, 5.74) is 3.21. The van der Waals surface area contributed by atoms with Crippen molar-refractivity contribution < 1.29 is 43.2 Å². The molecule has 0 amide bonds. The molecular formula is C29H44ClNO9Si. The number of rotatable bonds is 21. The fourth-order valence-corrected chi connectivity index (χ4v) is 4.02. The molecular weight excluding hydrogens is 570 g/mol. The largest absolute Gasteiger partial charge is 0.479 e. The fraction of sp³-hybridized carbons (Fsp3) is 0.517. The molecule has 0 saturated heterocycles. The van der Waals surface area contributed by atoms with Gasteiger partial charge in [0.1, 0.15) is 17.1 Å². The van der Waals surface area contributed by atoms with Crippen LogP contribution in [0.5, 0.6) is 11.5 Å². The Morgan fingerprint density at radius 1 is 1.12 bits per heavy atom. The van der Waals surface area contributed by atoms with Crippen molar-refractivity contribution in [3.05, 3.63) is 52.7 Å². The molecule has 10 nitrogen and oxygen atoms in total. The number of hydroxylamine groups is 1. The van der Waals surface area contributed by atoms with Gasteiger partial charge in [-0.05, 0) is 44.4 Å². The van der Waals surface area contributed by atoms with E-state index in [0.29, 0.717) is 25.3 Å². The molecule has 0 heterocycles. The third kappa shape index (κ3) is 14.6. The van der Waals surface area contributed by atoms with Crippen LogP contribution < -0.4 is 15.0 Å². The van der Waals surface area contributed by atoms with E-state index < -0.39 is 26.6 Å². The molecule has 2 N–H and O–H groups in total. The van der Waals surface area contributed by atoms with E-state index in [4.69, 9.17) is 45.2 Å². The van der Waals surface area contributed by atoms with Crippen LogP contribution in [0.15, 0.2) is 36.6 Å². The lowest BCUT2D eigenvalue weighted by Gasteiger charge is -2.20. The minimum absolute atomic E-state index is 0.0550. The number of carbonyl (C=O) groups excluding carboxylic acids is 1. The normalized spacial score (nSPS) is 12.7. The van der Waals surface area contributed by atoms with Crippen LogP contribution in [0, 0.1) is 5.92 Å². The Bertz CT molecular complexity index is 1050. The van der Waals surface area contributed by atoms with Crippen LogP contribution in [0.3, 0.4) is 0 Å². The molecule has 0 spiro atoms. The number of hydrogen-bond donors (Lipinski definition) is 2. The second kappa shape index (κ2) is 19.3. The first-order chi connectivity index (χ1) is 19.4. The molecule has 1 rings (SSSR count). The smallest absolute Gasteiger partial charge is 0.342 e. The zero-order chi connectivity index (χ0) is 30.8. The van der Waals surface area contributed by atoms with Crippen molar-refractivity contribution in [1.82, 2.24) is 5.48 Å². The third-order valence-electron chi connectivity index (χ3n) is 5.42. The highest BCUT2D eigenvalue weighted by Crippen LogP contribution is 2.39. The highest BCUT2D eigenvalue weighted by molar-refractivity contribution is 6.76. The van der Waals surface area contributed by atoms with Gasteiger partial charge >= 0.3 is 11.9 Å². The number of carbonyl (C=O) groups is 2. The lowest BCUT2D eigenvalue weighted by atomic mass is 10.0. The summed E-state index contributed by atoms with van der Waals surface area (Å²) in [5.74, 6) is -1.28. The minimum atomic E-state index is -1.49. The molecule has 1 aromatic carbocycles. The van der Waals surface area contributed by atoms with E-state index in [2.05, 4.69) is 31.7 Å². The van der Waals surface area contributed by atoms with Gasteiger partial charge in [-0.2, -0.15) is 0 Å². The molecule has 0 saturated carbocycles. The monoisotopic (exact) mass is 613 g/mol. The van der Waals surface area contributed by atoms with Crippen LogP contribution in [-0.2, 0) is 23.8 Å². The average Bonchev–Trinajstić information content (AvgIpc) is 2.89. The molecule has 0 aliphatic heterocycles. The van der Waals surface area contributed by atoms with Gasteiger partial charge in [0.25, 0.3) is 0 Å². The summed E-state index contributed by atoms with van der Waals surface area (Å²) in [6, 6.07) is 2.25. The number of carboxylic acid groups (broad SMARTS) is 1. The van der Waals surface area contributed by atoms with E-state index in [1.165, 1.54) is 12.1 Å². The Morgan fingerprint density at radius 3 is 2.32 bits per heavy atom. The number of nitrogens with one attached hydrogen (secondary N) is 1. The number of ether oxygens (including phenoxy) is 5. The number of aliphatic carboxylic acids is 1. The maximum absolute atomic E-state index is 13.5. The van der Waals surface area contributed by atoms with Crippen LogP contribution in [0.4, 0.5) is 0 Å². The lowest BCUT2D eigenvalue weighted by Crippen LogP contribution is -2.23. The summed E-state index contributed by atoms with van der Waals surface area (Å²) >= 11 is 6.80. The summed E-state index contributed by atoms with van der Waals surface area (Å²) in [4.78, 5) is 29.7. The van der Waals surface area contributed by atoms with Crippen LogP contribution in [0.2, 0.25) is 30.7 Å². The maximum Gasteiger partial charge on any atom is 0.342 e. The standard InChI is InChI=1S/C29H44ClNO9Si/c1-8-21(4)12-11-13-22(31-40-18-26(32)33)16-23-27(29(34)37-14-15-41(5,6)7)24(38-19-35-9-2)17-25(28(23)30)39-20-36-10-3/h8,11,13,16-17,21,31H,1,9-10,12,14-15,18-20H2,2-7H3,(H,32,33)/b13-11+,22-16-. The predicted molar refractivity (Wildman–Crippen MR) is 162 cm³/mol. The van der Waals surface area contributed by atoms with Crippen molar-refractivity contribution in [2.24, 2.45) is 5.92 Å². The van der Waals surface area contributed by atoms with Crippen molar-refractivity contribution >= 4 is 37.7 Å². The van der Waals surface area contributed by atoms with Crippen molar-refractivity contribution in [3.8, 4) is 11.5 Å². The third-order valence-corrected chi connectivity index (χ3v) is 7.51. The highest BCUT2D eigenvalue weighted by Gasteiger charge is 2.26. The summed E-state index contributed by atoms with van der Waals surface area (Å²) in [6.45, 7) is 16.2. The first kappa shape index (κ1) is 36.2. The molecule has 0 aromatic heterocycles. The Labute approximate surface area is 249 Å². The molecule has 1 atom stereocenters. The van der Waals surface area contributed by atoms with Crippen LogP contribution >= 0.6 is 11.6 Å². The number of hydrogen-bond acceptors (Lipinski definition) is 9. The van der Waals surface area contributed by atoms with E-state index in [9.17, 15) is 9.59 Å². The van der Waals surface area contributed by atoms with Gasteiger partial charge in [-0.15, -0.1) is 6.58 Å². The molecule has 1 unspecified atom stereocenters. The number of allylic oxidation sites excluding steroid dienone is 3. The van der Waals surface area contributed by atoms with Crippen molar-refractivity contribution in [2.75, 3.05) is 40.0 Å². The van der Waals surface area contributed by atoms with Gasteiger partial charge in [-0.25, -0.2) is 9.59 Å². The number of carboxylic acids is 1. The minimum Gasteiger partial charge on any atom is -0.479 e. The topological polar surface area (TPSA) is 122 Å². The second-order valence-corrected chi connectivity index (χ2v) is 16.2. The van der Waals surface area contributed by atoms with Crippen LogP contribution in [-0.4, -0.2) is 65.1 Å². The van der Waals surface area contributed by atoms with Crippen LogP contribution in [0.25, 0.3) is 6.08 Å². The average molecular weight is 614 g/mol. The van der Waals surface area contributed by atoms with E-state index in [1.54, 1.807) is 6.08 Å². The van der Waals surface area contributed by atoms with E-state index in [1.807, 2.05) is 32.9 Å². The lowest BCUT2D eigenvalue weighted by molar-refractivity contribution is -0.144. The van der Waals surface area contributed by atoms with Gasteiger partial charge in [0.15, 0.2) is 20.2 Å². The Hall–Kier alpha value is -2.83. The first-order valence-electron chi connectivity index (χ1n) is 13.5. The summed E-state index contributed by atoms with van der Waals surface area (Å²) in [6.07, 6.45) is 7.55. The molecule has 0 fully saturated rings. The molecule has 230 valence electrons. The quantitative estimate of drug-likeness (QED) is 0.0311. The zero-order valence-corrected chi connectivity index (χ0v) is 26.7. The van der Waals surface area contributed by atoms with Crippen molar-refractivity contribution in [3.63, 3.8) is 0 Å². The molecule has 41 heavy (non-hydrogen) atoms. The summed E-state index contributed by atoms with van der Waals surface area (Å²) < 4.78 is 27.9. The van der Waals surface area contributed by atoms with Gasteiger partial charge in [0.05, 0.1) is 17.3 Å². The molecule has 1 aromatic rings. The van der Waals surface area contributed by atoms with Gasteiger partial charge in [-0.3, -0.25) is 10.3 Å². The fourth-order valence-electron chi connectivity index (χ4n) is 3.05. The number of halogens is 1. The van der Waals surface area contributed by atoms with E-state index >= 15 is 0 Å². The van der Waals surface area contributed by atoms with Crippen LogP contribution in [0.1, 0.15) is 43.1 Å². The summed E-state index contributed by atoms with van der Waals surface area (Å²) in [7, 11) is -1.49. The van der Waals surface area contributed by atoms with E-state index in [0.717, 1.165) is 6.04 Å². The van der Waals surface area contributed by atoms with Gasteiger partial charge in [-0.1, -0.05) is 50.3 Å². The van der Waals surface area contributed by atoms with Crippen molar-refractivity contribution in [1.29, 1.82) is 0 Å². The van der Waals surface area contributed by atoms with Gasteiger partial charge < -0.3 is 28.8 Å². The first-order valence-corrected chi connectivity index (χ1v) is 17.6. The van der Waals surface area contributed by atoms with Crippen molar-refractivity contribution in [2.45, 2.75) is 52.9 Å². The molecule has 0 aliphatic carbocycles. The molecule has 0 radical (unpaired) electrons. The molecule has 0 aliphatic rings. The molecule has 0 bridgehead atoms. The zero-order valence-electron chi connectivity index (χ0n) is 24.9.